The molecule has 0 saturated carbocycles. The molecule has 2 aromatic carbocycles. The smallest absolute Gasteiger partial charge is 0.411 e. The van der Waals surface area contributed by atoms with Crippen LogP contribution in [0.25, 0.3) is 0 Å². The van der Waals surface area contributed by atoms with Crippen LogP contribution in [0.2, 0.25) is 0 Å². The normalized spacial score (nSPS) is 19.3. The average molecular weight is 499 g/mol. The summed E-state index contributed by atoms with van der Waals surface area (Å²) >= 11 is 0. The second-order valence-electron chi connectivity index (χ2n) is 8.63. The topological polar surface area (TPSA) is 99.3 Å². The van der Waals surface area contributed by atoms with E-state index < -0.39 is 27.8 Å². The van der Waals surface area contributed by atoms with E-state index in [1.165, 1.54) is 10.4 Å². The van der Waals surface area contributed by atoms with Crippen molar-refractivity contribution in [3.8, 4) is 0 Å². The van der Waals surface area contributed by atoms with Gasteiger partial charge >= 0.3 is 12.1 Å². The van der Waals surface area contributed by atoms with E-state index in [2.05, 4.69) is 11.9 Å². The number of hydrogen-bond acceptors (Lipinski definition) is 5. The first-order valence-corrected chi connectivity index (χ1v) is 13.3. The summed E-state index contributed by atoms with van der Waals surface area (Å²) in [5, 5.41) is 2.81. The second kappa shape index (κ2) is 10.1. The SMILES string of the molecule is C=CCN(CCNC(=O)N1CCN2C(=O)OC(c3ccccc3)(c3ccccc3)C2C1)S(C)(=O)=O. The predicted octanol–water partition coefficient (Wildman–Crippen LogP) is 2.22. The first kappa shape index (κ1) is 24.7. The van der Waals surface area contributed by atoms with Gasteiger partial charge < -0.3 is 15.0 Å². The zero-order valence-electron chi connectivity index (χ0n) is 19.7. The van der Waals surface area contributed by atoms with Crippen molar-refractivity contribution < 1.29 is 22.7 Å². The highest BCUT2D eigenvalue weighted by Gasteiger charge is 2.58. The quantitative estimate of drug-likeness (QED) is 0.563. The van der Waals surface area contributed by atoms with E-state index in [9.17, 15) is 18.0 Å². The maximum absolute atomic E-state index is 13.0. The third-order valence-corrected chi connectivity index (χ3v) is 7.73. The number of cyclic esters (lactones) is 1. The summed E-state index contributed by atoms with van der Waals surface area (Å²) in [5.74, 6) is 0. The van der Waals surface area contributed by atoms with Gasteiger partial charge in [-0.15, -0.1) is 6.58 Å². The first-order valence-electron chi connectivity index (χ1n) is 11.5. The third kappa shape index (κ3) is 4.89. The Morgan fingerprint density at radius 3 is 2.29 bits per heavy atom. The van der Waals surface area contributed by atoms with Gasteiger partial charge in [0, 0.05) is 50.4 Å². The number of nitrogens with one attached hydrogen (secondary N) is 1. The van der Waals surface area contributed by atoms with E-state index in [0.717, 1.165) is 17.4 Å². The molecule has 0 spiro atoms. The minimum atomic E-state index is -3.41. The molecule has 10 heteroatoms. The Morgan fingerprint density at radius 2 is 1.74 bits per heavy atom. The highest BCUT2D eigenvalue weighted by atomic mass is 32.2. The molecule has 2 aliphatic heterocycles. The molecule has 4 rings (SSSR count). The molecular formula is C25H30N4O5S. The summed E-state index contributed by atoms with van der Waals surface area (Å²) in [6.07, 6.45) is 2.23. The number of urea groups is 1. The number of carbonyl (C=O) groups excluding carboxylic acids is 2. The molecule has 2 fully saturated rings. The van der Waals surface area contributed by atoms with Crippen LogP contribution in [0.4, 0.5) is 9.59 Å². The van der Waals surface area contributed by atoms with E-state index in [4.69, 9.17) is 4.74 Å². The Kier molecular flexibility index (Phi) is 7.13. The Balaban J connectivity index is 1.55. The summed E-state index contributed by atoms with van der Waals surface area (Å²) in [6, 6.07) is 18.4. The molecule has 35 heavy (non-hydrogen) atoms. The minimum Gasteiger partial charge on any atom is -0.431 e. The predicted molar refractivity (Wildman–Crippen MR) is 132 cm³/mol. The number of ether oxygens (including phenoxy) is 1. The van der Waals surface area contributed by atoms with Gasteiger partial charge in [0.25, 0.3) is 0 Å². The van der Waals surface area contributed by atoms with Crippen LogP contribution in [-0.2, 0) is 20.4 Å². The van der Waals surface area contributed by atoms with Crippen molar-refractivity contribution in [2.24, 2.45) is 0 Å². The monoisotopic (exact) mass is 498 g/mol. The molecule has 0 aliphatic carbocycles. The highest BCUT2D eigenvalue weighted by molar-refractivity contribution is 7.88. The highest BCUT2D eigenvalue weighted by Crippen LogP contribution is 2.45. The van der Waals surface area contributed by atoms with Crippen LogP contribution in [0.5, 0.6) is 0 Å². The molecule has 2 aliphatic rings. The molecule has 2 heterocycles. The van der Waals surface area contributed by atoms with Gasteiger partial charge in [0.2, 0.25) is 10.0 Å². The molecule has 1 N–H and O–H groups in total. The fourth-order valence-electron chi connectivity index (χ4n) is 4.77. The summed E-state index contributed by atoms with van der Waals surface area (Å²) in [7, 11) is -3.41. The van der Waals surface area contributed by atoms with E-state index in [0.29, 0.717) is 13.1 Å². The number of sulfonamides is 1. The Morgan fingerprint density at radius 1 is 1.14 bits per heavy atom. The number of rotatable bonds is 8. The number of amides is 3. The van der Waals surface area contributed by atoms with Crippen LogP contribution in [-0.4, -0.2) is 86.2 Å². The first-order chi connectivity index (χ1) is 16.8. The zero-order valence-corrected chi connectivity index (χ0v) is 20.5. The number of benzene rings is 2. The van der Waals surface area contributed by atoms with Crippen LogP contribution < -0.4 is 5.32 Å². The number of hydrogen-bond donors (Lipinski definition) is 1. The maximum atomic E-state index is 13.0. The van der Waals surface area contributed by atoms with Crippen LogP contribution in [0.1, 0.15) is 11.1 Å². The molecule has 186 valence electrons. The van der Waals surface area contributed by atoms with Gasteiger partial charge in [-0.1, -0.05) is 66.7 Å². The zero-order chi connectivity index (χ0) is 25.1. The van der Waals surface area contributed by atoms with Crippen molar-refractivity contribution in [1.82, 2.24) is 19.4 Å². The Hall–Kier alpha value is -3.37. The second-order valence-corrected chi connectivity index (χ2v) is 10.6. The van der Waals surface area contributed by atoms with Gasteiger partial charge in [0.1, 0.15) is 6.04 Å². The lowest BCUT2D eigenvalue weighted by Gasteiger charge is -2.42. The molecule has 0 radical (unpaired) electrons. The fourth-order valence-corrected chi connectivity index (χ4v) is 5.57. The Labute approximate surface area is 206 Å². The van der Waals surface area contributed by atoms with E-state index >= 15 is 0 Å². The summed E-state index contributed by atoms with van der Waals surface area (Å²) in [5.41, 5.74) is 0.611. The maximum Gasteiger partial charge on any atom is 0.411 e. The van der Waals surface area contributed by atoms with Gasteiger partial charge in [-0.3, -0.25) is 4.90 Å². The standard InChI is InChI=1S/C25H30N4O5S/c1-3-15-28(35(2,32)33)16-14-26-23(30)27-17-18-29-22(19-27)25(34-24(29)31,20-10-6-4-7-11-20)21-12-8-5-9-13-21/h3-13,22H,1,14-19H2,2H3,(H,26,30). The van der Waals surface area contributed by atoms with Gasteiger partial charge in [-0.05, 0) is 0 Å². The minimum absolute atomic E-state index is 0.138. The molecule has 2 saturated heterocycles. The molecule has 0 aromatic heterocycles. The molecule has 2 aromatic rings. The molecule has 3 amide bonds. The van der Waals surface area contributed by atoms with Crippen molar-refractivity contribution in [1.29, 1.82) is 0 Å². The third-order valence-electron chi connectivity index (χ3n) is 6.46. The van der Waals surface area contributed by atoms with E-state index in [1.807, 2.05) is 60.7 Å². The van der Waals surface area contributed by atoms with Crippen molar-refractivity contribution in [2.75, 3.05) is 45.5 Å². The van der Waals surface area contributed by atoms with Crippen LogP contribution in [0.15, 0.2) is 73.3 Å². The lowest BCUT2D eigenvalue weighted by Crippen LogP contribution is -2.60. The van der Waals surface area contributed by atoms with Crippen LogP contribution >= 0.6 is 0 Å². The van der Waals surface area contributed by atoms with E-state index in [1.54, 1.807) is 9.80 Å². The van der Waals surface area contributed by atoms with Gasteiger partial charge in [-0.2, -0.15) is 4.31 Å². The van der Waals surface area contributed by atoms with Gasteiger partial charge in [-0.25, -0.2) is 18.0 Å². The Bertz CT molecular complexity index is 1130. The summed E-state index contributed by atoms with van der Waals surface area (Å²) in [6.45, 7) is 5.00. The lowest BCUT2D eigenvalue weighted by molar-refractivity contribution is 0.0512. The van der Waals surface area contributed by atoms with E-state index in [-0.39, 0.29) is 32.2 Å². The molecule has 0 bridgehead atoms. The van der Waals surface area contributed by atoms with Crippen molar-refractivity contribution in [2.45, 2.75) is 11.6 Å². The van der Waals surface area contributed by atoms with Crippen molar-refractivity contribution in [3.63, 3.8) is 0 Å². The largest absolute Gasteiger partial charge is 0.431 e. The molecule has 1 unspecified atom stereocenters. The van der Waals surface area contributed by atoms with Crippen LogP contribution in [0.3, 0.4) is 0 Å². The number of nitrogens with zero attached hydrogens (tertiary/aromatic N) is 3. The van der Waals surface area contributed by atoms with Crippen LogP contribution in [0, 0.1) is 0 Å². The number of piperazine rings is 1. The van der Waals surface area contributed by atoms with Gasteiger partial charge in [0.15, 0.2) is 5.60 Å². The summed E-state index contributed by atoms with van der Waals surface area (Å²) in [4.78, 5) is 29.3. The summed E-state index contributed by atoms with van der Waals surface area (Å²) < 4.78 is 31.2. The average Bonchev–Trinajstić information content (AvgIpc) is 3.16. The number of fused-ring (bicyclic) bond motifs is 1. The van der Waals surface area contributed by atoms with Gasteiger partial charge in [0.05, 0.1) is 6.26 Å². The molecule has 1 atom stereocenters. The lowest BCUT2D eigenvalue weighted by atomic mass is 9.79. The number of carbonyl (C=O) groups is 2. The molecule has 9 nitrogen and oxygen atoms in total. The van der Waals surface area contributed by atoms with Crippen molar-refractivity contribution in [3.05, 3.63) is 84.4 Å². The molecular weight excluding hydrogens is 468 g/mol. The van der Waals surface area contributed by atoms with Crippen molar-refractivity contribution >= 4 is 22.1 Å². The fraction of sp³-hybridized carbons (Fsp3) is 0.360.